The molecule has 1 unspecified atom stereocenters. The van der Waals surface area contributed by atoms with Crippen molar-refractivity contribution in [1.29, 1.82) is 0 Å². The van der Waals surface area contributed by atoms with Crippen molar-refractivity contribution in [2.75, 3.05) is 0 Å². The minimum atomic E-state index is -1.85. The van der Waals surface area contributed by atoms with Crippen molar-refractivity contribution in [1.82, 2.24) is 0 Å². The van der Waals surface area contributed by atoms with Gasteiger partial charge in [0.1, 0.15) is 5.60 Å². The number of carbonyl (C=O) groups excluding carboxylic acids is 3. The average molecular weight is 563 g/mol. The standard InChI is InChI=1S/C33H38O8/c1-17(2)9-10-20-24(34)21-12-13-30(5,6)39-26(21)25(35)27(20)40-33-22(29(37)38)15-19-16-23(33)31(7,8)41-32(33,28(19)36)14-11-18(3)4/h9,11-13,15,19,23H,10,14,16H2,1-8H3,(H,37,38)/t19-,23?,32+,33-/m1/s1. The lowest BCUT2D eigenvalue weighted by molar-refractivity contribution is -0.183. The van der Waals surface area contributed by atoms with Crippen LogP contribution < -0.4 is 0 Å². The molecular weight excluding hydrogens is 524 g/mol. The van der Waals surface area contributed by atoms with Gasteiger partial charge < -0.3 is 19.3 Å². The lowest BCUT2D eigenvalue weighted by Gasteiger charge is -2.54. The molecule has 6 rings (SSSR count). The minimum absolute atomic E-state index is 0.0636. The molecule has 1 saturated carbocycles. The molecule has 0 spiro atoms. The monoisotopic (exact) mass is 562 g/mol. The normalized spacial score (nSPS) is 32.4. The van der Waals surface area contributed by atoms with Crippen molar-refractivity contribution in [2.24, 2.45) is 11.8 Å². The van der Waals surface area contributed by atoms with E-state index >= 15 is 0 Å². The third-order valence-corrected chi connectivity index (χ3v) is 8.83. The zero-order valence-corrected chi connectivity index (χ0v) is 25.0. The number of rotatable bonds is 7. The molecule has 0 radical (unpaired) electrons. The van der Waals surface area contributed by atoms with E-state index < -0.39 is 51.8 Å². The van der Waals surface area contributed by atoms with Crippen LogP contribution >= 0.6 is 0 Å². The van der Waals surface area contributed by atoms with E-state index in [1.54, 1.807) is 26.0 Å². The van der Waals surface area contributed by atoms with Gasteiger partial charge in [-0.25, -0.2) is 4.79 Å². The summed E-state index contributed by atoms with van der Waals surface area (Å²) in [6.07, 6.45) is 8.88. The van der Waals surface area contributed by atoms with E-state index in [0.29, 0.717) is 6.42 Å². The van der Waals surface area contributed by atoms with Crippen LogP contribution in [0.15, 0.2) is 69.8 Å². The lowest BCUT2D eigenvalue weighted by Crippen LogP contribution is -2.69. The molecule has 2 heterocycles. The molecular formula is C33H38O8. The third kappa shape index (κ3) is 4.13. The largest absolute Gasteiger partial charge is 0.479 e. The number of allylic oxidation sites excluding steroid dienone is 7. The molecule has 0 aromatic heterocycles. The summed E-state index contributed by atoms with van der Waals surface area (Å²) in [5, 5.41) is 10.5. The maximum absolute atomic E-state index is 14.2. The highest BCUT2D eigenvalue weighted by Gasteiger charge is 2.80. The fraction of sp³-hybridized carbons (Fsp3) is 0.515. The number of Topliss-reactive ketones (excluding diaryl/α,β-unsaturated/α-hetero) is 3. The zero-order valence-electron chi connectivity index (χ0n) is 25.0. The second-order valence-corrected chi connectivity index (χ2v) is 13.2. The number of carboxylic acid groups (broad SMARTS) is 1. The van der Waals surface area contributed by atoms with Gasteiger partial charge in [0.25, 0.3) is 5.78 Å². The van der Waals surface area contributed by atoms with Gasteiger partial charge in [0, 0.05) is 18.3 Å². The number of ether oxygens (including phenoxy) is 3. The summed E-state index contributed by atoms with van der Waals surface area (Å²) >= 11 is 0. The van der Waals surface area contributed by atoms with Gasteiger partial charge in [0.05, 0.1) is 22.3 Å². The minimum Gasteiger partial charge on any atom is -0.479 e. The molecule has 1 N–H and O–H groups in total. The molecule has 0 amide bonds. The van der Waals surface area contributed by atoms with Crippen molar-refractivity contribution >= 4 is 23.3 Å². The molecule has 0 aromatic rings. The van der Waals surface area contributed by atoms with Gasteiger partial charge in [-0.05, 0) is 80.4 Å². The molecule has 4 bridgehead atoms. The van der Waals surface area contributed by atoms with Crippen molar-refractivity contribution in [3.63, 3.8) is 0 Å². The third-order valence-electron chi connectivity index (χ3n) is 8.83. The quantitative estimate of drug-likeness (QED) is 0.330. The molecule has 8 heteroatoms. The molecule has 6 aliphatic rings. The number of aliphatic carboxylic acids is 1. The Hall–Kier alpha value is -3.52. The van der Waals surface area contributed by atoms with E-state index in [1.165, 1.54) is 6.08 Å². The smallest absolute Gasteiger partial charge is 0.335 e. The van der Waals surface area contributed by atoms with Gasteiger partial charge in [-0.3, -0.25) is 14.4 Å². The first-order valence-corrected chi connectivity index (χ1v) is 14.1. The van der Waals surface area contributed by atoms with Gasteiger partial charge in [-0.1, -0.05) is 29.4 Å². The van der Waals surface area contributed by atoms with Crippen LogP contribution in [0.4, 0.5) is 0 Å². The number of carboxylic acids is 1. The van der Waals surface area contributed by atoms with Gasteiger partial charge in [-0.2, -0.15) is 0 Å². The Morgan fingerprint density at radius 1 is 1.05 bits per heavy atom. The molecule has 4 atom stereocenters. The Balaban J connectivity index is 1.78. The van der Waals surface area contributed by atoms with E-state index in [1.807, 2.05) is 53.7 Å². The van der Waals surface area contributed by atoms with E-state index in [-0.39, 0.29) is 46.9 Å². The van der Waals surface area contributed by atoms with Crippen LogP contribution in [0.5, 0.6) is 0 Å². The first-order valence-electron chi connectivity index (χ1n) is 14.1. The number of carbonyl (C=O) groups is 4. The Morgan fingerprint density at radius 3 is 2.32 bits per heavy atom. The van der Waals surface area contributed by atoms with Crippen LogP contribution in [0, 0.1) is 11.8 Å². The topological polar surface area (TPSA) is 116 Å². The fourth-order valence-electron chi connectivity index (χ4n) is 6.99. The van der Waals surface area contributed by atoms with Crippen LogP contribution in [-0.2, 0) is 33.4 Å². The zero-order chi connectivity index (χ0) is 30.3. The Labute approximate surface area is 240 Å². The Bertz CT molecular complexity index is 1470. The maximum Gasteiger partial charge on any atom is 0.335 e. The van der Waals surface area contributed by atoms with Gasteiger partial charge in [0.15, 0.2) is 34.3 Å². The average Bonchev–Trinajstić information content (AvgIpc) is 3.02. The number of hydrogen-bond acceptors (Lipinski definition) is 7. The highest BCUT2D eigenvalue weighted by molar-refractivity contribution is 6.25. The molecule has 2 aliphatic heterocycles. The van der Waals surface area contributed by atoms with Gasteiger partial charge >= 0.3 is 5.97 Å². The molecule has 2 fully saturated rings. The number of hydrogen-bond donors (Lipinski definition) is 1. The maximum atomic E-state index is 14.2. The van der Waals surface area contributed by atoms with E-state index in [4.69, 9.17) is 14.2 Å². The molecule has 1 saturated heterocycles. The number of ketones is 3. The van der Waals surface area contributed by atoms with E-state index in [9.17, 15) is 24.3 Å². The Morgan fingerprint density at radius 2 is 1.71 bits per heavy atom. The first-order chi connectivity index (χ1) is 19.0. The van der Waals surface area contributed by atoms with Crippen molar-refractivity contribution in [2.45, 2.75) is 97.1 Å². The summed E-state index contributed by atoms with van der Waals surface area (Å²) in [7, 11) is 0. The highest BCUT2D eigenvalue weighted by atomic mass is 16.6. The first kappa shape index (κ1) is 29.0. The predicted octanol–water partition coefficient (Wildman–Crippen LogP) is 5.26. The summed E-state index contributed by atoms with van der Waals surface area (Å²) in [5.74, 6) is -4.29. The van der Waals surface area contributed by atoms with Crippen molar-refractivity contribution in [3.8, 4) is 0 Å². The van der Waals surface area contributed by atoms with Crippen LogP contribution in [0.3, 0.4) is 0 Å². The second-order valence-electron chi connectivity index (χ2n) is 13.2. The fourth-order valence-corrected chi connectivity index (χ4v) is 6.99. The summed E-state index contributed by atoms with van der Waals surface area (Å²) < 4.78 is 19.4. The lowest BCUT2D eigenvalue weighted by atomic mass is 9.52. The summed E-state index contributed by atoms with van der Waals surface area (Å²) in [6, 6.07) is 0. The van der Waals surface area contributed by atoms with E-state index in [2.05, 4.69) is 0 Å². The predicted molar refractivity (Wildman–Crippen MR) is 150 cm³/mol. The van der Waals surface area contributed by atoms with Crippen molar-refractivity contribution < 1.29 is 38.5 Å². The van der Waals surface area contributed by atoms with Crippen molar-refractivity contribution in [3.05, 3.63) is 69.8 Å². The van der Waals surface area contributed by atoms with Crippen LogP contribution in [0.25, 0.3) is 0 Å². The van der Waals surface area contributed by atoms with Gasteiger partial charge in [0.2, 0.25) is 0 Å². The van der Waals surface area contributed by atoms with Crippen LogP contribution in [0.1, 0.15) is 74.7 Å². The molecule has 0 aromatic carbocycles. The van der Waals surface area contributed by atoms with Crippen LogP contribution in [0.2, 0.25) is 0 Å². The summed E-state index contributed by atoms with van der Waals surface area (Å²) in [4.78, 5) is 55.2. The van der Waals surface area contributed by atoms with Gasteiger partial charge in [-0.15, -0.1) is 0 Å². The summed E-state index contributed by atoms with van der Waals surface area (Å²) in [6.45, 7) is 14.7. The van der Waals surface area contributed by atoms with E-state index in [0.717, 1.165) is 11.1 Å². The molecule has 218 valence electrons. The summed E-state index contributed by atoms with van der Waals surface area (Å²) in [5.41, 5.74) is -3.42. The molecule has 41 heavy (non-hydrogen) atoms. The molecule has 8 nitrogen and oxygen atoms in total. The highest BCUT2D eigenvalue weighted by Crippen LogP contribution is 2.66. The van der Waals surface area contributed by atoms with Crippen LogP contribution in [-0.4, -0.2) is 50.8 Å². The SMILES string of the molecule is CC(C)=CCC1=C(O[C@]23C(C(=O)O)=C[C@@H]4CC2C(C)(C)O[C@@]3(CC=C(C)C)C4=O)C(=O)C2=C(C=CC(C)(C)O2)C1=O. The Kier molecular flexibility index (Phi) is 6.54. The molecule has 4 aliphatic carbocycles. The second kappa shape index (κ2) is 9.24.